The van der Waals surface area contributed by atoms with E-state index in [9.17, 15) is 13.9 Å². The lowest BCUT2D eigenvalue weighted by Gasteiger charge is -2.33. The quantitative estimate of drug-likeness (QED) is 0.864. The summed E-state index contributed by atoms with van der Waals surface area (Å²) in [6.45, 7) is 1.65. The molecule has 0 spiro atoms. The minimum absolute atomic E-state index is 0.117. The van der Waals surface area contributed by atoms with Crippen LogP contribution in [-0.2, 0) is 15.8 Å². The SMILES string of the molecule is CC(c1ccccc1)(c1ccc(O)cc1)S(=O)[O-]. The van der Waals surface area contributed by atoms with E-state index < -0.39 is 15.8 Å². The van der Waals surface area contributed by atoms with Gasteiger partial charge in [-0.1, -0.05) is 42.5 Å². The van der Waals surface area contributed by atoms with Crippen molar-refractivity contribution in [1.29, 1.82) is 0 Å². The Kier molecular flexibility index (Phi) is 3.50. The fourth-order valence-corrected chi connectivity index (χ4v) is 2.55. The van der Waals surface area contributed by atoms with Crippen LogP contribution < -0.4 is 0 Å². The molecule has 0 heterocycles. The number of phenolic OH excluding ortho intramolecular Hbond substituents is 1. The van der Waals surface area contributed by atoms with Gasteiger partial charge in [0, 0.05) is 0 Å². The van der Waals surface area contributed by atoms with Gasteiger partial charge in [-0.25, -0.2) is 0 Å². The first kappa shape index (κ1) is 12.8. The molecule has 0 aromatic heterocycles. The lowest BCUT2D eigenvalue weighted by Crippen LogP contribution is -2.29. The van der Waals surface area contributed by atoms with Crippen LogP contribution in [0.4, 0.5) is 0 Å². The molecule has 94 valence electrons. The fourth-order valence-electron chi connectivity index (χ4n) is 1.89. The molecule has 0 saturated carbocycles. The molecule has 2 aromatic rings. The van der Waals surface area contributed by atoms with Gasteiger partial charge in [0.15, 0.2) is 0 Å². The van der Waals surface area contributed by atoms with Crippen molar-refractivity contribution in [3.63, 3.8) is 0 Å². The Balaban J connectivity index is 2.58. The molecule has 4 heteroatoms. The molecule has 0 saturated heterocycles. The van der Waals surface area contributed by atoms with E-state index in [4.69, 9.17) is 0 Å². The van der Waals surface area contributed by atoms with Gasteiger partial charge >= 0.3 is 0 Å². The third-order valence-electron chi connectivity index (χ3n) is 3.08. The Labute approximate surface area is 108 Å². The molecule has 0 fully saturated rings. The summed E-state index contributed by atoms with van der Waals surface area (Å²) in [5.74, 6) is 0.117. The number of hydrogen-bond donors (Lipinski definition) is 1. The Morgan fingerprint density at radius 3 is 2.00 bits per heavy atom. The van der Waals surface area contributed by atoms with E-state index in [2.05, 4.69) is 0 Å². The van der Waals surface area contributed by atoms with Gasteiger partial charge in [0.2, 0.25) is 0 Å². The van der Waals surface area contributed by atoms with Crippen molar-refractivity contribution < 1.29 is 13.9 Å². The summed E-state index contributed by atoms with van der Waals surface area (Å²) in [6, 6.07) is 15.2. The maximum atomic E-state index is 11.6. The molecule has 0 amide bonds. The molecular weight excluding hydrogens is 248 g/mol. The Morgan fingerprint density at radius 2 is 1.50 bits per heavy atom. The Bertz CT molecular complexity index is 551. The smallest absolute Gasteiger partial charge is 0.115 e. The first-order valence-electron chi connectivity index (χ1n) is 5.49. The Morgan fingerprint density at radius 1 is 1.00 bits per heavy atom. The van der Waals surface area contributed by atoms with Crippen LogP contribution in [0.5, 0.6) is 5.75 Å². The highest BCUT2D eigenvalue weighted by Gasteiger charge is 2.30. The minimum atomic E-state index is -2.31. The van der Waals surface area contributed by atoms with Crippen LogP contribution in [0.3, 0.4) is 0 Å². The van der Waals surface area contributed by atoms with Crippen LogP contribution >= 0.6 is 0 Å². The molecule has 0 bridgehead atoms. The third kappa shape index (κ3) is 2.17. The van der Waals surface area contributed by atoms with Gasteiger partial charge in [-0.3, -0.25) is 4.21 Å². The molecule has 2 rings (SSSR count). The average molecular weight is 261 g/mol. The normalized spacial score (nSPS) is 15.9. The van der Waals surface area contributed by atoms with Crippen LogP contribution in [0.1, 0.15) is 18.1 Å². The van der Waals surface area contributed by atoms with Crippen molar-refractivity contribution in [1.82, 2.24) is 0 Å². The first-order chi connectivity index (χ1) is 8.55. The van der Waals surface area contributed by atoms with Crippen molar-refractivity contribution in [3.05, 3.63) is 65.7 Å². The molecule has 0 aliphatic rings. The first-order valence-corrected chi connectivity index (χ1v) is 6.57. The molecule has 2 unspecified atom stereocenters. The predicted molar refractivity (Wildman–Crippen MR) is 69.9 cm³/mol. The van der Waals surface area contributed by atoms with Crippen molar-refractivity contribution in [2.45, 2.75) is 11.7 Å². The van der Waals surface area contributed by atoms with Crippen LogP contribution in [0.25, 0.3) is 0 Å². The average Bonchev–Trinajstić information content (AvgIpc) is 2.39. The van der Waals surface area contributed by atoms with Gasteiger partial charge in [-0.05, 0) is 41.3 Å². The summed E-state index contributed by atoms with van der Waals surface area (Å²) in [6.07, 6.45) is 0. The van der Waals surface area contributed by atoms with Crippen LogP contribution in [0.2, 0.25) is 0 Å². The molecule has 1 N–H and O–H groups in total. The van der Waals surface area contributed by atoms with Gasteiger partial charge in [-0.15, -0.1) is 0 Å². The minimum Gasteiger partial charge on any atom is -0.771 e. The molecule has 0 aliphatic heterocycles. The van der Waals surface area contributed by atoms with Gasteiger partial charge in [0.05, 0.1) is 4.75 Å². The third-order valence-corrected chi connectivity index (χ3v) is 4.21. The monoisotopic (exact) mass is 261 g/mol. The van der Waals surface area contributed by atoms with Gasteiger partial charge in [0.1, 0.15) is 5.75 Å². The van der Waals surface area contributed by atoms with Crippen molar-refractivity contribution in [2.24, 2.45) is 0 Å². The van der Waals surface area contributed by atoms with Gasteiger partial charge < -0.3 is 9.66 Å². The number of phenols is 1. The number of benzene rings is 2. The lowest BCUT2D eigenvalue weighted by molar-refractivity contribution is 0.474. The summed E-state index contributed by atoms with van der Waals surface area (Å²) in [7, 11) is 0. The van der Waals surface area contributed by atoms with Crippen molar-refractivity contribution in [2.75, 3.05) is 0 Å². The topological polar surface area (TPSA) is 60.4 Å². The van der Waals surface area contributed by atoms with Crippen LogP contribution in [-0.4, -0.2) is 13.9 Å². The summed E-state index contributed by atoms with van der Waals surface area (Å²) < 4.78 is 22.2. The summed E-state index contributed by atoms with van der Waals surface area (Å²) in [5.41, 5.74) is 1.32. The second-order valence-corrected chi connectivity index (χ2v) is 5.47. The molecule has 18 heavy (non-hydrogen) atoms. The van der Waals surface area contributed by atoms with E-state index in [0.29, 0.717) is 11.1 Å². The second kappa shape index (κ2) is 4.92. The molecule has 2 atom stereocenters. The summed E-state index contributed by atoms with van der Waals surface area (Å²) >= 11 is -2.31. The zero-order valence-electron chi connectivity index (χ0n) is 9.87. The second-order valence-electron chi connectivity index (χ2n) is 4.18. The highest BCUT2D eigenvalue weighted by molar-refractivity contribution is 7.80. The highest BCUT2D eigenvalue weighted by atomic mass is 32.2. The molecule has 3 nitrogen and oxygen atoms in total. The predicted octanol–water partition coefficient (Wildman–Crippen LogP) is 2.53. The lowest BCUT2D eigenvalue weighted by atomic mass is 9.92. The van der Waals surface area contributed by atoms with Crippen molar-refractivity contribution >= 4 is 11.1 Å². The van der Waals surface area contributed by atoms with E-state index in [1.54, 1.807) is 43.3 Å². The maximum Gasteiger partial charge on any atom is 0.115 e. The number of rotatable bonds is 3. The van der Waals surface area contributed by atoms with Crippen LogP contribution in [0, 0.1) is 0 Å². The number of hydrogen-bond acceptors (Lipinski definition) is 3. The van der Waals surface area contributed by atoms with Crippen molar-refractivity contribution in [3.8, 4) is 5.75 Å². The summed E-state index contributed by atoms with van der Waals surface area (Å²) in [4.78, 5) is 0. The summed E-state index contributed by atoms with van der Waals surface area (Å²) in [5, 5.41) is 9.28. The molecule has 2 aromatic carbocycles. The van der Waals surface area contributed by atoms with Gasteiger partial charge in [0.25, 0.3) is 0 Å². The standard InChI is InChI=1S/C14H14O3S/c1-14(18(16)17,11-5-3-2-4-6-11)12-7-9-13(15)10-8-12/h2-10,15H,1H3,(H,16,17)/p-1. The fraction of sp³-hybridized carbons (Fsp3) is 0.143. The zero-order chi connectivity index (χ0) is 13.2. The number of aromatic hydroxyl groups is 1. The Hall–Kier alpha value is -1.65. The molecule has 0 aliphatic carbocycles. The van der Waals surface area contributed by atoms with E-state index in [1.807, 2.05) is 6.07 Å². The van der Waals surface area contributed by atoms with E-state index >= 15 is 0 Å². The molecular formula is C14H13O3S-. The zero-order valence-corrected chi connectivity index (χ0v) is 10.7. The van der Waals surface area contributed by atoms with Crippen LogP contribution in [0.15, 0.2) is 54.6 Å². The largest absolute Gasteiger partial charge is 0.771 e. The van der Waals surface area contributed by atoms with E-state index in [-0.39, 0.29) is 5.75 Å². The molecule has 0 radical (unpaired) electrons. The maximum absolute atomic E-state index is 11.6. The van der Waals surface area contributed by atoms with E-state index in [0.717, 1.165) is 0 Å². The van der Waals surface area contributed by atoms with Gasteiger partial charge in [-0.2, -0.15) is 0 Å². The highest BCUT2D eigenvalue weighted by Crippen LogP contribution is 2.35. The van der Waals surface area contributed by atoms with E-state index in [1.165, 1.54) is 12.1 Å².